The largest absolute Gasteiger partial charge is 0.319 e. The average molecular weight is 386 g/mol. The maximum atomic E-state index is 14.2. The summed E-state index contributed by atoms with van der Waals surface area (Å²) >= 11 is 0. The van der Waals surface area contributed by atoms with Crippen molar-refractivity contribution in [2.24, 2.45) is 0 Å². The smallest absolute Gasteiger partial charge is 0.184 e. The van der Waals surface area contributed by atoms with Gasteiger partial charge >= 0.3 is 0 Å². The number of para-hydroxylation sites is 2. The van der Waals surface area contributed by atoms with Gasteiger partial charge in [-0.3, -0.25) is 9.97 Å². The van der Waals surface area contributed by atoms with Crippen LogP contribution in [-0.4, -0.2) is 19.5 Å². The molecule has 6 heteroatoms. The number of hydrogen-bond donors (Lipinski definition) is 0. The molecule has 0 saturated heterocycles. The van der Waals surface area contributed by atoms with Crippen LogP contribution in [0.25, 0.3) is 33.3 Å². The molecular formula is C23H16F2N4. The Labute approximate surface area is 165 Å². The van der Waals surface area contributed by atoms with Gasteiger partial charge in [-0.1, -0.05) is 12.1 Å². The molecule has 142 valence electrons. The SMILES string of the molecule is Cc1cnccc1-c1nc2ccccc2n1Cc1ccnc2c(F)c(F)ccc12. The minimum Gasteiger partial charge on any atom is -0.319 e. The number of halogens is 2. The second-order valence-corrected chi connectivity index (χ2v) is 6.93. The highest BCUT2D eigenvalue weighted by molar-refractivity contribution is 5.84. The first-order chi connectivity index (χ1) is 14.1. The van der Waals surface area contributed by atoms with Gasteiger partial charge in [-0.15, -0.1) is 0 Å². The summed E-state index contributed by atoms with van der Waals surface area (Å²) in [5, 5.41) is 0.585. The number of rotatable bonds is 3. The lowest BCUT2D eigenvalue weighted by Crippen LogP contribution is -2.05. The van der Waals surface area contributed by atoms with Crippen molar-refractivity contribution in [3.05, 3.63) is 89.9 Å². The lowest BCUT2D eigenvalue weighted by Gasteiger charge is -2.13. The molecule has 0 fully saturated rings. The summed E-state index contributed by atoms with van der Waals surface area (Å²) in [6.45, 7) is 2.44. The topological polar surface area (TPSA) is 43.6 Å². The fourth-order valence-corrected chi connectivity index (χ4v) is 3.69. The van der Waals surface area contributed by atoms with E-state index in [-0.39, 0.29) is 5.52 Å². The van der Waals surface area contributed by atoms with Gasteiger partial charge in [-0.05, 0) is 54.4 Å². The van der Waals surface area contributed by atoms with Gasteiger partial charge in [0, 0.05) is 29.5 Å². The molecule has 0 atom stereocenters. The highest BCUT2D eigenvalue weighted by Crippen LogP contribution is 2.29. The molecule has 5 aromatic rings. The highest BCUT2D eigenvalue weighted by atomic mass is 19.2. The van der Waals surface area contributed by atoms with Crippen LogP contribution in [0.4, 0.5) is 8.78 Å². The first-order valence-corrected chi connectivity index (χ1v) is 9.21. The molecule has 2 aromatic carbocycles. The molecule has 0 aliphatic carbocycles. The van der Waals surface area contributed by atoms with Gasteiger partial charge in [-0.2, -0.15) is 0 Å². The summed E-state index contributed by atoms with van der Waals surface area (Å²) in [5.41, 5.74) is 4.70. The van der Waals surface area contributed by atoms with Crippen molar-refractivity contribution in [2.45, 2.75) is 13.5 Å². The molecule has 0 aliphatic heterocycles. The third-order valence-electron chi connectivity index (χ3n) is 5.14. The molecule has 0 amide bonds. The Bertz CT molecular complexity index is 1370. The van der Waals surface area contributed by atoms with Crippen LogP contribution >= 0.6 is 0 Å². The van der Waals surface area contributed by atoms with Gasteiger partial charge in [0.25, 0.3) is 0 Å². The Morgan fingerprint density at radius 2 is 1.83 bits per heavy atom. The van der Waals surface area contributed by atoms with E-state index < -0.39 is 11.6 Å². The van der Waals surface area contributed by atoms with Crippen molar-refractivity contribution < 1.29 is 8.78 Å². The Balaban J connectivity index is 1.74. The predicted octanol–water partition coefficient (Wildman–Crippen LogP) is 5.28. The zero-order chi connectivity index (χ0) is 20.0. The standard InChI is InChI=1S/C23H16F2N4/c1-14-12-26-10-9-16(14)23-28-19-4-2-3-5-20(19)29(23)13-15-8-11-27-22-17(15)6-7-18(24)21(22)25/h2-12H,13H2,1H3. The number of pyridine rings is 2. The number of aromatic nitrogens is 4. The van der Waals surface area contributed by atoms with Gasteiger partial charge in [0.1, 0.15) is 11.3 Å². The summed E-state index contributed by atoms with van der Waals surface area (Å²) < 4.78 is 30.0. The van der Waals surface area contributed by atoms with E-state index in [0.717, 1.165) is 39.6 Å². The van der Waals surface area contributed by atoms with Crippen molar-refractivity contribution in [1.82, 2.24) is 19.5 Å². The second-order valence-electron chi connectivity index (χ2n) is 6.93. The number of hydrogen-bond acceptors (Lipinski definition) is 3. The van der Waals surface area contributed by atoms with Gasteiger partial charge in [0.2, 0.25) is 0 Å². The maximum Gasteiger partial charge on any atom is 0.184 e. The lowest BCUT2D eigenvalue weighted by atomic mass is 10.1. The zero-order valence-electron chi connectivity index (χ0n) is 15.6. The number of benzene rings is 2. The molecule has 3 aromatic heterocycles. The number of fused-ring (bicyclic) bond motifs is 2. The summed E-state index contributed by atoms with van der Waals surface area (Å²) in [6.07, 6.45) is 5.06. The van der Waals surface area contributed by atoms with E-state index in [1.54, 1.807) is 18.5 Å². The van der Waals surface area contributed by atoms with Crippen molar-refractivity contribution in [2.75, 3.05) is 0 Å². The number of imidazole rings is 1. The number of nitrogens with zero attached hydrogens (tertiary/aromatic N) is 4. The Hall–Kier alpha value is -3.67. The van der Waals surface area contributed by atoms with Crippen LogP contribution in [0.2, 0.25) is 0 Å². The van der Waals surface area contributed by atoms with Gasteiger partial charge < -0.3 is 4.57 Å². The van der Waals surface area contributed by atoms with E-state index in [1.165, 1.54) is 6.20 Å². The van der Waals surface area contributed by atoms with Crippen molar-refractivity contribution in [3.63, 3.8) is 0 Å². The van der Waals surface area contributed by atoms with Crippen LogP contribution in [0.15, 0.2) is 67.1 Å². The van der Waals surface area contributed by atoms with E-state index in [0.29, 0.717) is 11.9 Å². The first-order valence-electron chi connectivity index (χ1n) is 9.21. The van der Waals surface area contributed by atoms with E-state index in [2.05, 4.69) is 14.5 Å². The molecule has 29 heavy (non-hydrogen) atoms. The third kappa shape index (κ3) is 2.84. The minimum atomic E-state index is -0.926. The highest BCUT2D eigenvalue weighted by Gasteiger charge is 2.17. The van der Waals surface area contributed by atoms with Crippen LogP contribution in [0, 0.1) is 18.6 Å². The van der Waals surface area contributed by atoms with Gasteiger partial charge in [0.15, 0.2) is 11.6 Å². The summed E-state index contributed by atoms with van der Waals surface area (Å²) in [4.78, 5) is 13.1. The Morgan fingerprint density at radius 3 is 2.69 bits per heavy atom. The number of aryl methyl sites for hydroxylation is 1. The fourth-order valence-electron chi connectivity index (χ4n) is 3.69. The van der Waals surface area contributed by atoms with Gasteiger partial charge in [0.05, 0.1) is 17.6 Å². The first kappa shape index (κ1) is 17.4. The molecule has 0 bridgehead atoms. The van der Waals surface area contributed by atoms with E-state index in [9.17, 15) is 8.78 Å². The molecule has 0 N–H and O–H groups in total. The van der Waals surface area contributed by atoms with E-state index >= 15 is 0 Å². The second kappa shape index (κ2) is 6.74. The van der Waals surface area contributed by atoms with Crippen LogP contribution in [0.3, 0.4) is 0 Å². The quantitative estimate of drug-likeness (QED) is 0.424. The molecule has 0 unspecified atom stereocenters. The normalized spacial score (nSPS) is 11.4. The molecule has 4 nitrogen and oxygen atoms in total. The molecule has 0 spiro atoms. The van der Waals surface area contributed by atoms with Crippen LogP contribution in [-0.2, 0) is 6.54 Å². The third-order valence-corrected chi connectivity index (χ3v) is 5.14. The Kier molecular flexibility index (Phi) is 4.05. The minimum absolute atomic E-state index is 0.0357. The van der Waals surface area contributed by atoms with Crippen LogP contribution in [0.5, 0.6) is 0 Å². The maximum absolute atomic E-state index is 14.2. The van der Waals surface area contributed by atoms with Gasteiger partial charge in [-0.25, -0.2) is 13.8 Å². The molecule has 0 aliphatic rings. The molecular weight excluding hydrogens is 370 g/mol. The van der Waals surface area contributed by atoms with E-state index in [1.807, 2.05) is 43.3 Å². The summed E-state index contributed by atoms with van der Waals surface area (Å²) in [5.74, 6) is -1.02. The lowest BCUT2D eigenvalue weighted by molar-refractivity contribution is 0.515. The monoisotopic (exact) mass is 386 g/mol. The average Bonchev–Trinajstić information content (AvgIpc) is 3.10. The van der Waals surface area contributed by atoms with E-state index in [4.69, 9.17) is 4.98 Å². The zero-order valence-corrected chi connectivity index (χ0v) is 15.6. The fraction of sp³-hybridized carbons (Fsp3) is 0.0870. The molecule has 0 radical (unpaired) electrons. The Morgan fingerprint density at radius 1 is 0.966 bits per heavy atom. The van der Waals surface area contributed by atoms with Crippen LogP contribution in [0.1, 0.15) is 11.1 Å². The van der Waals surface area contributed by atoms with Crippen molar-refractivity contribution in [3.8, 4) is 11.4 Å². The summed E-state index contributed by atoms with van der Waals surface area (Å²) in [7, 11) is 0. The van der Waals surface area contributed by atoms with Crippen LogP contribution < -0.4 is 0 Å². The van der Waals surface area contributed by atoms with Crippen molar-refractivity contribution >= 4 is 21.9 Å². The molecule has 5 rings (SSSR count). The molecule has 0 saturated carbocycles. The summed E-state index contributed by atoms with van der Waals surface area (Å²) in [6, 6.07) is 14.4. The molecule has 3 heterocycles. The van der Waals surface area contributed by atoms with Crippen molar-refractivity contribution in [1.29, 1.82) is 0 Å². The predicted molar refractivity (Wildman–Crippen MR) is 108 cm³/mol.